The number of nitrogens with one attached hydrogen (secondary N) is 1. The van der Waals surface area contributed by atoms with Crippen molar-refractivity contribution in [3.8, 4) is 0 Å². The van der Waals surface area contributed by atoms with Crippen LogP contribution in [0.2, 0.25) is 0 Å². The van der Waals surface area contributed by atoms with Crippen molar-refractivity contribution in [3.63, 3.8) is 0 Å². The van der Waals surface area contributed by atoms with E-state index >= 15 is 0 Å². The summed E-state index contributed by atoms with van der Waals surface area (Å²) in [5.74, 6) is 0.600. The van der Waals surface area contributed by atoms with Gasteiger partial charge in [-0.3, -0.25) is 4.79 Å². The quantitative estimate of drug-likeness (QED) is 0.582. The molecule has 0 atom stereocenters. The maximum Gasteiger partial charge on any atom is 0.258 e. The predicted molar refractivity (Wildman–Crippen MR) is 51.5 cm³/mol. The molecule has 0 fully saturated rings. The van der Waals surface area contributed by atoms with Crippen LogP contribution in [0.5, 0.6) is 0 Å². The highest BCUT2D eigenvalue weighted by molar-refractivity contribution is 5.80. The molecule has 1 heterocycles. The van der Waals surface area contributed by atoms with E-state index in [0.717, 1.165) is 0 Å². The van der Waals surface area contributed by atoms with Crippen LogP contribution in [0.3, 0.4) is 0 Å². The van der Waals surface area contributed by atoms with E-state index in [-0.39, 0.29) is 5.56 Å². The molecule has 0 aliphatic heterocycles. The van der Waals surface area contributed by atoms with Crippen molar-refractivity contribution in [1.29, 1.82) is 0 Å². The number of nitrogens with zero attached hydrogens (tertiary/aromatic N) is 1. The van der Waals surface area contributed by atoms with Gasteiger partial charge in [0, 0.05) is 5.69 Å². The first kappa shape index (κ1) is 7.79. The summed E-state index contributed by atoms with van der Waals surface area (Å²) in [6, 6.07) is 5.06. The van der Waals surface area contributed by atoms with Gasteiger partial charge in [-0.25, -0.2) is 4.98 Å². The Morgan fingerprint density at radius 3 is 3.00 bits per heavy atom. The smallest absolute Gasteiger partial charge is 0.258 e. The maximum atomic E-state index is 11.4. The molecule has 0 amide bonds. The van der Waals surface area contributed by atoms with Crippen molar-refractivity contribution in [1.82, 2.24) is 9.97 Å². The van der Waals surface area contributed by atoms with E-state index in [1.165, 1.54) is 0 Å². The zero-order chi connectivity index (χ0) is 9.42. The number of benzene rings is 1. The molecule has 0 saturated carbocycles. The molecule has 3 N–H and O–H groups in total. The third kappa shape index (κ3) is 1.26. The number of hydrogen-bond acceptors (Lipinski definition) is 3. The second-order valence-corrected chi connectivity index (χ2v) is 2.93. The Bertz CT molecular complexity index is 510. The number of rotatable bonds is 0. The first-order valence-electron chi connectivity index (χ1n) is 3.93. The zero-order valence-electron chi connectivity index (χ0n) is 7.16. The Labute approximate surface area is 74.4 Å². The zero-order valence-corrected chi connectivity index (χ0v) is 7.16. The van der Waals surface area contributed by atoms with Gasteiger partial charge in [0.05, 0.1) is 10.9 Å². The standard InChI is InChI=1S/C9H9N3O/c1-5-11-8-4-6(10)2-3-7(8)9(13)12-5/h2-4H,10H2,1H3,(H,11,12,13). The summed E-state index contributed by atoms with van der Waals surface area (Å²) in [4.78, 5) is 18.2. The molecule has 0 aliphatic rings. The normalized spacial score (nSPS) is 10.5. The van der Waals surface area contributed by atoms with Gasteiger partial charge in [0.25, 0.3) is 5.56 Å². The lowest BCUT2D eigenvalue weighted by Gasteiger charge is -1.98. The molecule has 4 heteroatoms. The summed E-state index contributed by atoms with van der Waals surface area (Å²) >= 11 is 0. The molecule has 1 aromatic heterocycles. The molecule has 0 radical (unpaired) electrons. The van der Waals surface area contributed by atoms with Gasteiger partial charge in [0.2, 0.25) is 0 Å². The molecule has 2 aromatic rings. The molecule has 2 rings (SSSR count). The average Bonchev–Trinajstić information content (AvgIpc) is 2.02. The fourth-order valence-corrected chi connectivity index (χ4v) is 1.27. The Kier molecular flexibility index (Phi) is 1.55. The number of hydrogen-bond donors (Lipinski definition) is 2. The first-order valence-corrected chi connectivity index (χ1v) is 3.93. The Morgan fingerprint density at radius 1 is 1.46 bits per heavy atom. The number of aryl methyl sites for hydroxylation is 1. The van der Waals surface area contributed by atoms with Gasteiger partial charge >= 0.3 is 0 Å². The number of aromatic nitrogens is 2. The van der Waals surface area contributed by atoms with Crippen LogP contribution < -0.4 is 11.3 Å². The Hall–Kier alpha value is -1.84. The average molecular weight is 175 g/mol. The molecular weight excluding hydrogens is 166 g/mol. The van der Waals surface area contributed by atoms with Gasteiger partial charge in [-0.2, -0.15) is 0 Å². The first-order chi connectivity index (χ1) is 6.16. The van der Waals surface area contributed by atoms with Crippen LogP contribution in [0.15, 0.2) is 23.0 Å². The van der Waals surface area contributed by atoms with Crippen molar-refractivity contribution in [2.75, 3.05) is 5.73 Å². The second-order valence-electron chi connectivity index (χ2n) is 2.93. The third-order valence-electron chi connectivity index (χ3n) is 1.85. The van der Waals surface area contributed by atoms with E-state index in [1.807, 2.05) is 0 Å². The highest BCUT2D eigenvalue weighted by Crippen LogP contribution is 2.10. The molecule has 13 heavy (non-hydrogen) atoms. The van der Waals surface area contributed by atoms with E-state index in [2.05, 4.69) is 9.97 Å². The number of nitrogen functional groups attached to an aromatic ring is 1. The summed E-state index contributed by atoms with van der Waals surface area (Å²) in [6.07, 6.45) is 0. The SMILES string of the molecule is Cc1nc2cc(N)ccc2c(=O)[nH]1. The molecule has 4 nitrogen and oxygen atoms in total. The largest absolute Gasteiger partial charge is 0.399 e. The lowest BCUT2D eigenvalue weighted by Crippen LogP contribution is -2.09. The number of nitrogens with two attached hydrogens (primary N) is 1. The van der Waals surface area contributed by atoms with Crippen LogP contribution in [0.1, 0.15) is 5.82 Å². The van der Waals surface area contributed by atoms with Crippen LogP contribution in [0.4, 0.5) is 5.69 Å². The fraction of sp³-hybridized carbons (Fsp3) is 0.111. The predicted octanol–water partition coefficient (Wildman–Crippen LogP) is 0.814. The van der Waals surface area contributed by atoms with Gasteiger partial charge in [-0.05, 0) is 25.1 Å². The summed E-state index contributed by atoms with van der Waals surface area (Å²) in [5.41, 5.74) is 6.70. The van der Waals surface area contributed by atoms with E-state index in [0.29, 0.717) is 22.4 Å². The number of H-pyrrole nitrogens is 1. The highest BCUT2D eigenvalue weighted by atomic mass is 16.1. The van der Waals surface area contributed by atoms with Crippen molar-refractivity contribution in [2.45, 2.75) is 6.92 Å². The number of anilines is 1. The molecule has 0 bridgehead atoms. The minimum atomic E-state index is -0.123. The maximum absolute atomic E-state index is 11.4. The van der Waals surface area contributed by atoms with Crippen LogP contribution in [-0.2, 0) is 0 Å². The molecule has 0 aliphatic carbocycles. The van der Waals surface area contributed by atoms with Crippen LogP contribution in [0.25, 0.3) is 10.9 Å². The molecule has 66 valence electrons. The Morgan fingerprint density at radius 2 is 2.23 bits per heavy atom. The van der Waals surface area contributed by atoms with Gasteiger partial charge in [0.15, 0.2) is 0 Å². The summed E-state index contributed by atoms with van der Waals surface area (Å²) in [6.45, 7) is 1.74. The fourth-order valence-electron chi connectivity index (χ4n) is 1.27. The van der Waals surface area contributed by atoms with Crippen LogP contribution in [-0.4, -0.2) is 9.97 Å². The van der Waals surface area contributed by atoms with Crippen molar-refractivity contribution >= 4 is 16.6 Å². The van der Waals surface area contributed by atoms with E-state index in [4.69, 9.17) is 5.73 Å². The lowest BCUT2D eigenvalue weighted by molar-refractivity contribution is 1.06. The van der Waals surface area contributed by atoms with Crippen LogP contribution in [0, 0.1) is 6.92 Å². The summed E-state index contributed by atoms with van der Waals surface area (Å²) < 4.78 is 0. The van der Waals surface area contributed by atoms with Crippen LogP contribution >= 0.6 is 0 Å². The van der Waals surface area contributed by atoms with Gasteiger partial charge in [-0.15, -0.1) is 0 Å². The van der Waals surface area contributed by atoms with Gasteiger partial charge < -0.3 is 10.7 Å². The van der Waals surface area contributed by atoms with Crippen molar-refractivity contribution in [3.05, 3.63) is 34.4 Å². The lowest BCUT2D eigenvalue weighted by atomic mass is 10.2. The third-order valence-corrected chi connectivity index (χ3v) is 1.85. The van der Waals surface area contributed by atoms with E-state index < -0.39 is 0 Å². The van der Waals surface area contributed by atoms with E-state index in [9.17, 15) is 4.79 Å². The second kappa shape index (κ2) is 2.58. The summed E-state index contributed by atoms with van der Waals surface area (Å²) in [7, 11) is 0. The Balaban J connectivity index is 2.95. The van der Waals surface area contributed by atoms with Crippen molar-refractivity contribution in [2.24, 2.45) is 0 Å². The van der Waals surface area contributed by atoms with Crippen molar-refractivity contribution < 1.29 is 0 Å². The molecule has 0 saturated heterocycles. The molecule has 0 unspecified atom stereocenters. The molecular formula is C9H9N3O. The molecule has 0 spiro atoms. The minimum Gasteiger partial charge on any atom is -0.399 e. The molecule has 1 aromatic carbocycles. The topological polar surface area (TPSA) is 71.8 Å². The minimum absolute atomic E-state index is 0.123. The van der Waals surface area contributed by atoms with Gasteiger partial charge in [-0.1, -0.05) is 0 Å². The van der Waals surface area contributed by atoms with Gasteiger partial charge in [0.1, 0.15) is 5.82 Å². The van der Waals surface area contributed by atoms with E-state index in [1.54, 1.807) is 25.1 Å². The monoisotopic (exact) mass is 175 g/mol. The number of fused-ring (bicyclic) bond motifs is 1. The number of aromatic amines is 1. The highest BCUT2D eigenvalue weighted by Gasteiger charge is 2.00. The summed E-state index contributed by atoms with van der Waals surface area (Å²) in [5, 5.41) is 0.569.